The summed E-state index contributed by atoms with van der Waals surface area (Å²) in [6.45, 7) is 7.14. The number of hydrogen-bond donors (Lipinski definition) is 3. The first-order valence-corrected chi connectivity index (χ1v) is 14.5. The van der Waals surface area contributed by atoms with Crippen molar-refractivity contribution in [2.45, 2.75) is 51.9 Å². The minimum Gasteiger partial charge on any atom is -0.481 e. The number of nitrogens with zero attached hydrogens (tertiary/aromatic N) is 1. The first-order chi connectivity index (χ1) is 19.7. The third kappa shape index (κ3) is 19.5. The second kappa shape index (κ2) is 23.3. The van der Waals surface area contributed by atoms with E-state index in [4.69, 9.17) is 29.8 Å². The number of rotatable bonds is 26. The predicted molar refractivity (Wildman–Crippen MR) is 149 cm³/mol. The number of amides is 1. The molecule has 1 atom stereocenters. The molecular weight excluding hydrogens is 538 g/mol. The van der Waals surface area contributed by atoms with Gasteiger partial charge in [0.1, 0.15) is 11.6 Å². The van der Waals surface area contributed by atoms with E-state index in [0.717, 1.165) is 19.6 Å². The van der Waals surface area contributed by atoms with Gasteiger partial charge in [-0.25, -0.2) is 0 Å². The molecule has 1 fully saturated rings. The standard InChI is InChI=1S/C28H49N3O10/c1-22(32)19-24(27(35)30-21-26(34)3-2-7-29)20-25(33)6-11-38-13-15-40-17-18-41-16-14-39-12-10-31-8-4-23(5-9-31)28(36)37/h23-24H,2-21,29H2,1H3,(H,30,35)(H,36,37). The highest BCUT2D eigenvalue weighted by atomic mass is 16.6. The number of likely N-dealkylation sites (tertiary alicyclic amines) is 1. The Morgan fingerprint density at radius 2 is 1.39 bits per heavy atom. The fraction of sp³-hybridized carbons (Fsp3) is 0.821. The van der Waals surface area contributed by atoms with Crippen LogP contribution >= 0.6 is 0 Å². The van der Waals surface area contributed by atoms with Crippen molar-refractivity contribution in [3.8, 4) is 0 Å². The molecule has 41 heavy (non-hydrogen) atoms. The maximum Gasteiger partial charge on any atom is 0.306 e. The van der Waals surface area contributed by atoms with Crippen LogP contribution in [-0.4, -0.2) is 125 Å². The van der Waals surface area contributed by atoms with Crippen LogP contribution in [0.2, 0.25) is 0 Å². The van der Waals surface area contributed by atoms with Crippen LogP contribution in [0.15, 0.2) is 0 Å². The van der Waals surface area contributed by atoms with Gasteiger partial charge in [-0.15, -0.1) is 0 Å². The molecule has 0 bridgehead atoms. The lowest BCUT2D eigenvalue weighted by Crippen LogP contribution is -2.38. The average Bonchev–Trinajstić information content (AvgIpc) is 2.94. The number of Topliss-reactive ketones (excluding diaryl/α,β-unsaturated/α-hetero) is 3. The normalized spacial score (nSPS) is 15.0. The second-order valence-corrected chi connectivity index (χ2v) is 10.1. The molecule has 0 radical (unpaired) electrons. The maximum atomic E-state index is 12.4. The molecular formula is C28H49N3O10. The largest absolute Gasteiger partial charge is 0.481 e. The summed E-state index contributed by atoms with van der Waals surface area (Å²) in [5.41, 5.74) is 5.37. The van der Waals surface area contributed by atoms with Gasteiger partial charge in [0.15, 0.2) is 5.78 Å². The molecule has 1 unspecified atom stereocenters. The fourth-order valence-electron chi connectivity index (χ4n) is 4.24. The van der Waals surface area contributed by atoms with Gasteiger partial charge in [0.05, 0.1) is 71.2 Å². The molecule has 1 heterocycles. The molecule has 1 aliphatic rings. The fourth-order valence-corrected chi connectivity index (χ4v) is 4.24. The van der Waals surface area contributed by atoms with E-state index in [0.29, 0.717) is 72.1 Å². The molecule has 1 aliphatic heterocycles. The van der Waals surface area contributed by atoms with Crippen LogP contribution in [0.4, 0.5) is 0 Å². The minimum atomic E-state index is -0.806. The van der Waals surface area contributed by atoms with E-state index in [2.05, 4.69) is 10.2 Å². The molecule has 0 aromatic rings. The molecule has 0 spiro atoms. The van der Waals surface area contributed by atoms with Crippen LogP contribution in [0.3, 0.4) is 0 Å². The first kappa shape index (κ1) is 36.7. The molecule has 1 amide bonds. The molecule has 1 rings (SSSR count). The van der Waals surface area contributed by atoms with E-state index < -0.39 is 17.8 Å². The van der Waals surface area contributed by atoms with Gasteiger partial charge in [-0.2, -0.15) is 0 Å². The lowest BCUT2D eigenvalue weighted by atomic mass is 9.94. The van der Waals surface area contributed by atoms with E-state index >= 15 is 0 Å². The molecule has 4 N–H and O–H groups in total. The van der Waals surface area contributed by atoms with Crippen molar-refractivity contribution in [2.24, 2.45) is 17.6 Å². The zero-order chi connectivity index (χ0) is 30.3. The van der Waals surface area contributed by atoms with Gasteiger partial charge in [0, 0.05) is 32.2 Å². The number of carbonyl (C=O) groups excluding carboxylic acids is 4. The van der Waals surface area contributed by atoms with Crippen molar-refractivity contribution in [3.05, 3.63) is 0 Å². The molecule has 13 nitrogen and oxygen atoms in total. The number of hydrogen-bond acceptors (Lipinski definition) is 11. The van der Waals surface area contributed by atoms with Crippen LogP contribution in [0.1, 0.15) is 51.9 Å². The zero-order valence-corrected chi connectivity index (χ0v) is 24.4. The van der Waals surface area contributed by atoms with Crippen LogP contribution < -0.4 is 11.1 Å². The van der Waals surface area contributed by atoms with Gasteiger partial charge in [0.25, 0.3) is 0 Å². The number of carbonyl (C=O) groups is 5. The molecule has 0 aromatic carbocycles. The average molecular weight is 588 g/mol. The molecule has 1 saturated heterocycles. The number of aliphatic carboxylic acids is 1. The van der Waals surface area contributed by atoms with Gasteiger partial charge in [-0.3, -0.25) is 19.2 Å². The lowest BCUT2D eigenvalue weighted by molar-refractivity contribution is -0.143. The minimum absolute atomic E-state index is 0.0629. The number of nitrogens with one attached hydrogen (secondary N) is 1. The Kier molecular flexibility index (Phi) is 20.9. The molecule has 13 heteroatoms. The van der Waals surface area contributed by atoms with E-state index in [1.165, 1.54) is 6.92 Å². The lowest BCUT2D eigenvalue weighted by Gasteiger charge is -2.29. The summed E-state index contributed by atoms with van der Waals surface area (Å²) in [6.07, 6.45) is 2.15. The third-order valence-electron chi connectivity index (χ3n) is 6.63. The highest BCUT2D eigenvalue weighted by Gasteiger charge is 2.25. The third-order valence-corrected chi connectivity index (χ3v) is 6.63. The number of ketones is 3. The molecule has 0 saturated carbocycles. The number of carboxylic acid groups (broad SMARTS) is 1. The predicted octanol–water partition coefficient (Wildman–Crippen LogP) is 0.218. The van der Waals surface area contributed by atoms with Crippen molar-refractivity contribution in [3.63, 3.8) is 0 Å². The number of piperidine rings is 1. The highest BCUT2D eigenvalue weighted by Crippen LogP contribution is 2.16. The van der Waals surface area contributed by atoms with Crippen molar-refractivity contribution in [2.75, 3.05) is 85.6 Å². The summed E-state index contributed by atoms with van der Waals surface area (Å²) in [7, 11) is 0. The van der Waals surface area contributed by atoms with Crippen molar-refractivity contribution in [1.82, 2.24) is 10.2 Å². The Balaban J connectivity index is 1.99. The summed E-state index contributed by atoms with van der Waals surface area (Å²) in [5, 5.41) is 11.5. The maximum absolute atomic E-state index is 12.4. The van der Waals surface area contributed by atoms with Crippen molar-refractivity contribution in [1.29, 1.82) is 0 Å². The topological polar surface area (TPSA) is 184 Å². The van der Waals surface area contributed by atoms with Crippen LogP contribution in [0, 0.1) is 11.8 Å². The Morgan fingerprint density at radius 1 is 0.829 bits per heavy atom. The molecule has 0 aromatic heterocycles. The first-order valence-electron chi connectivity index (χ1n) is 14.5. The summed E-state index contributed by atoms with van der Waals surface area (Å²) in [4.78, 5) is 61.2. The van der Waals surface area contributed by atoms with Gasteiger partial charge >= 0.3 is 5.97 Å². The number of ether oxygens (including phenoxy) is 4. The second-order valence-electron chi connectivity index (χ2n) is 10.1. The Labute approximate surface area is 242 Å². The summed E-state index contributed by atoms with van der Waals surface area (Å²) >= 11 is 0. The van der Waals surface area contributed by atoms with E-state index in [1.807, 2.05) is 0 Å². The SMILES string of the molecule is CC(=O)CC(CC(=O)CCOCCOCCOCCOCCN1CCC(C(=O)O)CC1)C(=O)NCC(=O)CCCN. The van der Waals surface area contributed by atoms with Gasteiger partial charge < -0.3 is 44.8 Å². The Morgan fingerprint density at radius 3 is 1.93 bits per heavy atom. The summed E-state index contributed by atoms with van der Waals surface area (Å²) in [6, 6.07) is 0. The van der Waals surface area contributed by atoms with Crippen molar-refractivity contribution < 1.29 is 48.0 Å². The number of nitrogens with two attached hydrogens (primary N) is 1. The number of carboxylic acids is 1. The Bertz CT molecular complexity index is 787. The van der Waals surface area contributed by atoms with Gasteiger partial charge in [-0.1, -0.05) is 0 Å². The van der Waals surface area contributed by atoms with Gasteiger partial charge in [-0.05, 0) is 45.8 Å². The monoisotopic (exact) mass is 587 g/mol. The van der Waals surface area contributed by atoms with Crippen LogP contribution in [-0.2, 0) is 42.9 Å². The van der Waals surface area contributed by atoms with E-state index in [9.17, 15) is 24.0 Å². The Hall–Kier alpha value is -2.29. The van der Waals surface area contributed by atoms with Crippen molar-refractivity contribution >= 4 is 29.2 Å². The van der Waals surface area contributed by atoms with E-state index in [1.54, 1.807) is 0 Å². The van der Waals surface area contributed by atoms with Gasteiger partial charge in [0.2, 0.25) is 5.91 Å². The highest BCUT2D eigenvalue weighted by molar-refractivity contribution is 5.92. The summed E-state index contributed by atoms with van der Waals surface area (Å²) in [5.74, 6) is -2.76. The van der Waals surface area contributed by atoms with Crippen LogP contribution in [0.5, 0.6) is 0 Å². The smallest absolute Gasteiger partial charge is 0.306 e. The quantitative estimate of drug-likeness (QED) is 0.117. The molecule has 0 aliphatic carbocycles. The van der Waals surface area contributed by atoms with E-state index in [-0.39, 0.29) is 62.1 Å². The summed E-state index contributed by atoms with van der Waals surface area (Å²) < 4.78 is 21.9. The van der Waals surface area contributed by atoms with Crippen LogP contribution in [0.25, 0.3) is 0 Å². The molecule has 236 valence electrons. The zero-order valence-electron chi connectivity index (χ0n) is 24.4.